The number of hydrogen-bond acceptors (Lipinski definition) is 7. The average molecular weight is 486 g/mol. The molecule has 4 rings (SSSR count). The molecule has 8 nitrogen and oxygen atoms in total. The Morgan fingerprint density at radius 2 is 1.91 bits per heavy atom. The van der Waals surface area contributed by atoms with E-state index < -0.39 is 49.2 Å². The zero-order chi connectivity index (χ0) is 24.0. The molecule has 2 aliphatic heterocycles. The van der Waals surface area contributed by atoms with Gasteiger partial charge in [0.05, 0.1) is 27.8 Å². The zero-order valence-corrected chi connectivity index (χ0v) is 19.0. The number of carbonyl (C=O) groups excluding carboxylic acids is 1. The maximum atomic E-state index is 13.9. The first-order valence-electron chi connectivity index (χ1n) is 10.8. The van der Waals surface area contributed by atoms with Crippen molar-refractivity contribution in [3.05, 3.63) is 23.8 Å². The minimum atomic E-state index is -4.85. The third kappa shape index (κ3) is 4.81. The highest BCUT2D eigenvalue weighted by molar-refractivity contribution is 7.92. The van der Waals surface area contributed by atoms with Gasteiger partial charge in [-0.3, -0.25) is 4.79 Å². The van der Waals surface area contributed by atoms with Crippen LogP contribution in [0, 0.1) is 11.3 Å². The summed E-state index contributed by atoms with van der Waals surface area (Å²) in [6.45, 7) is 2.36. The average Bonchev–Trinajstić information content (AvgIpc) is 3.34. The number of nitrogens with one attached hydrogen (secondary N) is 2. The van der Waals surface area contributed by atoms with Gasteiger partial charge in [-0.05, 0) is 44.5 Å². The molecule has 180 valence electrons. The normalized spacial score (nSPS) is 25.5. The second-order valence-electron chi connectivity index (χ2n) is 9.02. The molecule has 0 aromatic heterocycles. The topological polar surface area (TPSA) is 106 Å². The summed E-state index contributed by atoms with van der Waals surface area (Å²) in [4.78, 5) is 15.5. The van der Waals surface area contributed by atoms with E-state index in [1.165, 1.54) is 6.07 Å². The van der Waals surface area contributed by atoms with Gasteiger partial charge in [-0.1, -0.05) is 0 Å². The van der Waals surface area contributed by atoms with Gasteiger partial charge in [0.1, 0.15) is 5.54 Å². The highest BCUT2D eigenvalue weighted by Crippen LogP contribution is 2.39. The predicted molar refractivity (Wildman–Crippen MR) is 114 cm³/mol. The molecule has 1 aromatic rings. The van der Waals surface area contributed by atoms with Gasteiger partial charge in [0, 0.05) is 38.4 Å². The van der Waals surface area contributed by atoms with Crippen LogP contribution in [0.2, 0.25) is 0 Å². The SMILES string of the molecule is CN1CCN(c2ccc(S(=O)(=O)C3CNC(C(=O)NC4(C#N)CC4)C3)c(C(F)(F)F)c2)CC1. The van der Waals surface area contributed by atoms with Gasteiger partial charge in [-0.15, -0.1) is 0 Å². The highest BCUT2D eigenvalue weighted by atomic mass is 32.2. The number of likely N-dealkylation sites (N-methyl/N-ethyl adjacent to an activating group) is 1. The van der Waals surface area contributed by atoms with E-state index >= 15 is 0 Å². The Balaban J connectivity index is 1.55. The molecule has 0 spiro atoms. The Labute approximate surface area is 190 Å². The first kappa shape index (κ1) is 23.8. The van der Waals surface area contributed by atoms with E-state index in [9.17, 15) is 26.4 Å². The molecule has 2 heterocycles. The van der Waals surface area contributed by atoms with Gasteiger partial charge in [0.25, 0.3) is 0 Å². The van der Waals surface area contributed by atoms with Gasteiger partial charge < -0.3 is 20.4 Å². The number of hydrogen-bond donors (Lipinski definition) is 2. The largest absolute Gasteiger partial charge is 0.417 e. The molecule has 2 N–H and O–H groups in total. The molecule has 2 saturated heterocycles. The van der Waals surface area contributed by atoms with Crippen LogP contribution in [0.15, 0.2) is 23.1 Å². The summed E-state index contributed by atoms with van der Waals surface area (Å²) in [5.74, 6) is -0.506. The molecular formula is C21H26F3N5O3S. The zero-order valence-electron chi connectivity index (χ0n) is 18.2. The van der Waals surface area contributed by atoms with Gasteiger partial charge in [-0.2, -0.15) is 18.4 Å². The quantitative estimate of drug-likeness (QED) is 0.644. The van der Waals surface area contributed by atoms with E-state index in [-0.39, 0.29) is 13.0 Å². The number of piperazine rings is 1. The van der Waals surface area contributed by atoms with Crippen molar-refractivity contribution in [1.82, 2.24) is 15.5 Å². The van der Waals surface area contributed by atoms with Crippen molar-refractivity contribution in [3.8, 4) is 6.07 Å². The highest BCUT2D eigenvalue weighted by Gasteiger charge is 2.48. The van der Waals surface area contributed by atoms with Gasteiger partial charge in [0.15, 0.2) is 9.84 Å². The van der Waals surface area contributed by atoms with Crippen LogP contribution in [-0.2, 0) is 20.8 Å². The monoisotopic (exact) mass is 485 g/mol. The summed E-state index contributed by atoms with van der Waals surface area (Å²) in [5.41, 5.74) is -1.76. The van der Waals surface area contributed by atoms with Crippen molar-refractivity contribution in [2.75, 3.05) is 44.7 Å². The van der Waals surface area contributed by atoms with Crippen molar-refractivity contribution in [1.29, 1.82) is 5.26 Å². The van der Waals surface area contributed by atoms with Crippen LogP contribution in [0.3, 0.4) is 0 Å². The summed E-state index contributed by atoms with van der Waals surface area (Å²) < 4.78 is 68.2. The number of sulfone groups is 1. The number of carbonyl (C=O) groups is 1. The number of alkyl halides is 3. The fourth-order valence-corrected chi connectivity index (χ4v) is 6.14. The molecule has 3 aliphatic rings. The van der Waals surface area contributed by atoms with Gasteiger partial charge in [-0.25, -0.2) is 8.42 Å². The molecule has 0 bridgehead atoms. The van der Waals surface area contributed by atoms with Crippen LogP contribution in [0.4, 0.5) is 18.9 Å². The van der Waals surface area contributed by atoms with Crippen LogP contribution in [-0.4, -0.2) is 75.8 Å². The summed E-state index contributed by atoms with van der Waals surface area (Å²) in [6.07, 6.45) is -3.96. The molecule has 12 heteroatoms. The second-order valence-corrected chi connectivity index (χ2v) is 11.2. The molecule has 3 fully saturated rings. The fraction of sp³-hybridized carbons (Fsp3) is 0.619. The number of nitrogens with zero attached hydrogens (tertiary/aromatic N) is 3. The third-order valence-corrected chi connectivity index (χ3v) is 8.82. The Morgan fingerprint density at radius 1 is 1.24 bits per heavy atom. The van der Waals surface area contributed by atoms with Crippen LogP contribution >= 0.6 is 0 Å². The molecular weight excluding hydrogens is 459 g/mol. The van der Waals surface area contributed by atoms with E-state index in [0.717, 1.165) is 12.1 Å². The van der Waals surface area contributed by atoms with Gasteiger partial charge >= 0.3 is 6.18 Å². The summed E-state index contributed by atoms with van der Waals surface area (Å²) in [7, 11) is -2.43. The van der Waals surface area contributed by atoms with E-state index in [0.29, 0.717) is 44.7 Å². The van der Waals surface area contributed by atoms with E-state index in [2.05, 4.69) is 15.5 Å². The Morgan fingerprint density at radius 3 is 2.48 bits per heavy atom. The lowest BCUT2D eigenvalue weighted by Gasteiger charge is -2.34. The van der Waals surface area contributed by atoms with Crippen molar-refractivity contribution < 1.29 is 26.4 Å². The molecule has 1 saturated carbocycles. The van der Waals surface area contributed by atoms with Crippen LogP contribution < -0.4 is 15.5 Å². The van der Waals surface area contributed by atoms with E-state index in [1.54, 1.807) is 0 Å². The Kier molecular flexibility index (Phi) is 6.09. The minimum absolute atomic E-state index is 0.141. The standard InChI is InChI=1S/C21H26F3N5O3S/c1-28-6-8-29(9-7-28)14-2-3-18(16(10-14)21(22,23)24)33(31,32)15-11-17(26-12-15)19(30)27-20(13-25)4-5-20/h2-3,10,15,17,26H,4-9,11-12H2,1H3,(H,27,30). The number of rotatable bonds is 5. The first-order valence-corrected chi connectivity index (χ1v) is 12.4. The lowest BCUT2D eigenvalue weighted by Crippen LogP contribution is -2.45. The van der Waals surface area contributed by atoms with E-state index in [1.807, 2.05) is 18.0 Å². The van der Waals surface area contributed by atoms with Crippen LogP contribution in [0.25, 0.3) is 0 Å². The number of halogens is 3. The van der Waals surface area contributed by atoms with Crippen molar-refractivity contribution in [2.24, 2.45) is 0 Å². The minimum Gasteiger partial charge on any atom is -0.369 e. The summed E-state index contributed by atoms with van der Waals surface area (Å²) in [5, 5.41) is 13.3. The Hall–Kier alpha value is -2.36. The summed E-state index contributed by atoms with van der Waals surface area (Å²) >= 11 is 0. The molecule has 0 radical (unpaired) electrons. The number of benzene rings is 1. The van der Waals surface area contributed by atoms with Crippen molar-refractivity contribution in [2.45, 2.75) is 47.2 Å². The van der Waals surface area contributed by atoms with Crippen molar-refractivity contribution >= 4 is 21.4 Å². The Bertz CT molecular complexity index is 1070. The van der Waals surface area contributed by atoms with Gasteiger partial charge in [0.2, 0.25) is 5.91 Å². The number of amides is 1. The maximum absolute atomic E-state index is 13.9. The predicted octanol–water partition coefficient (Wildman–Crippen LogP) is 1.13. The first-order chi connectivity index (χ1) is 15.4. The summed E-state index contributed by atoms with van der Waals surface area (Å²) in [6, 6.07) is 4.51. The van der Waals surface area contributed by atoms with Crippen LogP contribution in [0.1, 0.15) is 24.8 Å². The molecule has 2 atom stereocenters. The smallest absolute Gasteiger partial charge is 0.369 e. The van der Waals surface area contributed by atoms with Crippen molar-refractivity contribution in [3.63, 3.8) is 0 Å². The third-order valence-electron chi connectivity index (χ3n) is 6.62. The van der Waals surface area contributed by atoms with Crippen LogP contribution in [0.5, 0.6) is 0 Å². The molecule has 1 aliphatic carbocycles. The maximum Gasteiger partial charge on any atom is 0.417 e. The lowest BCUT2D eigenvalue weighted by atomic mass is 10.1. The van der Waals surface area contributed by atoms with E-state index in [4.69, 9.17) is 5.26 Å². The molecule has 33 heavy (non-hydrogen) atoms. The second kappa shape index (κ2) is 8.45. The fourth-order valence-electron chi connectivity index (χ4n) is 4.28. The number of nitriles is 1. The lowest BCUT2D eigenvalue weighted by molar-refractivity contribution is -0.139. The molecule has 2 unspecified atom stereocenters. The number of anilines is 1. The molecule has 1 amide bonds. The molecule has 1 aromatic carbocycles.